The first-order chi connectivity index (χ1) is 9.61. The van der Waals surface area contributed by atoms with Crippen molar-refractivity contribution in [1.29, 1.82) is 0 Å². The summed E-state index contributed by atoms with van der Waals surface area (Å²) in [5.74, 6) is 1.07. The molecule has 2 rings (SSSR count). The molecule has 0 amide bonds. The fraction of sp³-hybridized carbons (Fsp3) is 0.438. The van der Waals surface area contributed by atoms with Crippen molar-refractivity contribution < 1.29 is 0 Å². The molecule has 1 aromatic heterocycles. The van der Waals surface area contributed by atoms with Crippen molar-refractivity contribution in [3.05, 3.63) is 47.5 Å². The molecule has 1 heterocycles. The topological polar surface area (TPSA) is 33.1 Å². The van der Waals surface area contributed by atoms with E-state index in [4.69, 9.17) is 0 Å². The second kappa shape index (κ2) is 6.57. The monoisotopic (exact) mass is 272 g/mol. The van der Waals surface area contributed by atoms with Crippen LogP contribution in [0.5, 0.6) is 0 Å². The lowest BCUT2D eigenvalue weighted by molar-refractivity contribution is 0.725. The summed E-state index contributed by atoms with van der Waals surface area (Å²) in [6, 6.07) is 6.65. The molecule has 20 heavy (non-hydrogen) atoms. The Morgan fingerprint density at radius 1 is 1.35 bits per heavy atom. The average molecular weight is 272 g/mol. The average Bonchev–Trinajstić information content (AvgIpc) is 2.82. The SMILES string of the molecule is CCNCc1ccc(N(C)Cc2nccn2C)c(C)c1. The molecule has 0 aliphatic carbocycles. The second-order valence-corrected chi connectivity index (χ2v) is 5.21. The molecule has 1 N–H and O–H groups in total. The number of aromatic nitrogens is 2. The van der Waals surface area contributed by atoms with Crippen molar-refractivity contribution in [3.8, 4) is 0 Å². The molecule has 4 nitrogen and oxygen atoms in total. The van der Waals surface area contributed by atoms with Gasteiger partial charge in [-0.2, -0.15) is 0 Å². The Bertz CT molecular complexity index is 559. The number of nitrogens with one attached hydrogen (secondary N) is 1. The van der Waals surface area contributed by atoms with Gasteiger partial charge < -0.3 is 14.8 Å². The predicted octanol–water partition coefficient (Wildman–Crippen LogP) is 2.47. The standard InChI is InChI=1S/C16H24N4/c1-5-17-11-14-6-7-15(13(2)10-14)20(4)12-16-18-8-9-19(16)3/h6-10,17H,5,11-12H2,1-4H3. The van der Waals surface area contributed by atoms with E-state index in [1.165, 1.54) is 16.8 Å². The first-order valence-electron chi connectivity index (χ1n) is 7.09. The Hall–Kier alpha value is -1.81. The van der Waals surface area contributed by atoms with Gasteiger partial charge in [0.25, 0.3) is 0 Å². The Balaban J connectivity index is 2.10. The maximum Gasteiger partial charge on any atom is 0.127 e. The van der Waals surface area contributed by atoms with E-state index in [0.29, 0.717) is 0 Å². The summed E-state index contributed by atoms with van der Waals surface area (Å²) in [5, 5.41) is 3.36. The number of rotatable bonds is 6. The quantitative estimate of drug-likeness (QED) is 0.877. The molecule has 0 atom stereocenters. The first-order valence-corrected chi connectivity index (χ1v) is 7.09. The van der Waals surface area contributed by atoms with E-state index in [1.807, 2.05) is 19.4 Å². The van der Waals surface area contributed by atoms with Gasteiger partial charge in [-0.05, 0) is 30.7 Å². The maximum absolute atomic E-state index is 4.38. The zero-order valence-electron chi connectivity index (χ0n) is 12.8. The van der Waals surface area contributed by atoms with Crippen molar-refractivity contribution in [1.82, 2.24) is 14.9 Å². The predicted molar refractivity (Wildman–Crippen MR) is 83.9 cm³/mol. The normalized spacial score (nSPS) is 10.8. The Morgan fingerprint density at radius 2 is 2.15 bits per heavy atom. The number of hydrogen-bond acceptors (Lipinski definition) is 3. The minimum Gasteiger partial charge on any atom is -0.367 e. The van der Waals surface area contributed by atoms with Gasteiger partial charge in [-0.1, -0.05) is 19.1 Å². The summed E-state index contributed by atoms with van der Waals surface area (Å²) in [4.78, 5) is 6.63. The first kappa shape index (κ1) is 14.6. The third-order valence-corrected chi connectivity index (χ3v) is 3.55. The lowest BCUT2D eigenvalue weighted by Gasteiger charge is -2.21. The van der Waals surface area contributed by atoms with Gasteiger partial charge in [0.2, 0.25) is 0 Å². The second-order valence-electron chi connectivity index (χ2n) is 5.21. The number of aryl methyl sites for hydroxylation is 2. The summed E-state index contributed by atoms with van der Waals surface area (Å²) in [7, 11) is 4.14. The summed E-state index contributed by atoms with van der Waals surface area (Å²) in [5.41, 5.74) is 3.89. The molecule has 0 saturated carbocycles. The van der Waals surface area contributed by atoms with Crippen LogP contribution >= 0.6 is 0 Å². The van der Waals surface area contributed by atoms with E-state index in [2.05, 4.69) is 58.9 Å². The zero-order valence-corrected chi connectivity index (χ0v) is 12.8. The number of anilines is 1. The smallest absolute Gasteiger partial charge is 0.127 e. The summed E-state index contributed by atoms with van der Waals surface area (Å²) >= 11 is 0. The highest BCUT2D eigenvalue weighted by Crippen LogP contribution is 2.21. The van der Waals surface area contributed by atoms with Crippen molar-refractivity contribution in [2.24, 2.45) is 7.05 Å². The highest BCUT2D eigenvalue weighted by atomic mass is 15.2. The Morgan fingerprint density at radius 3 is 2.75 bits per heavy atom. The lowest BCUT2D eigenvalue weighted by Crippen LogP contribution is -2.20. The highest BCUT2D eigenvalue weighted by Gasteiger charge is 2.08. The van der Waals surface area contributed by atoms with Gasteiger partial charge >= 0.3 is 0 Å². The van der Waals surface area contributed by atoms with Crippen molar-refractivity contribution >= 4 is 5.69 Å². The van der Waals surface area contributed by atoms with Crippen LogP contribution in [0.3, 0.4) is 0 Å². The van der Waals surface area contributed by atoms with E-state index in [0.717, 1.165) is 25.5 Å². The number of hydrogen-bond donors (Lipinski definition) is 1. The van der Waals surface area contributed by atoms with Crippen molar-refractivity contribution in [2.75, 3.05) is 18.5 Å². The van der Waals surface area contributed by atoms with Crippen LogP contribution in [0, 0.1) is 6.92 Å². The largest absolute Gasteiger partial charge is 0.367 e. The van der Waals surface area contributed by atoms with Gasteiger partial charge in [0.05, 0.1) is 6.54 Å². The lowest BCUT2D eigenvalue weighted by atomic mass is 10.1. The third-order valence-electron chi connectivity index (χ3n) is 3.55. The zero-order chi connectivity index (χ0) is 14.5. The molecule has 0 spiro atoms. The molecule has 2 aromatic rings. The molecule has 1 aromatic carbocycles. The third kappa shape index (κ3) is 3.39. The Kier molecular flexibility index (Phi) is 4.79. The molecule has 0 unspecified atom stereocenters. The Labute approximate surface area is 121 Å². The van der Waals surface area contributed by atoms with Crippen LogP contribution in [-0.2, 0) is 20.1 Å². The van der Waals surface area contributed by atoms with E-state index in [1.54, 1.807) is 0 Å². The van der Waals surface area contributed by atoms with Crippen molar-refractivity contribution in [3.63, 3.8) is 0 Å². The molecular formula is C16H24N4. The molecule has 0 bridgehead atoms. The molecule has 4 heteroatoms. The van der Waals surface area contributed by atoms with Crippen LogP contribution in [0.2, 0.25) is 0 Å². The van der Waals surface area contributed by atoms with Crippen LogP contribution in [-0.4, -0.2) is 23.1 Å². The number of benzene rings is 1. The molecule has 0 saturated heterocycles. The van der Waals surface area contributed by atoms with Crippen LogP contribution in [0.25, 0.3) is 0 Å². The van der Waals surface area contributed by atoms with E-state index in [-0.39, 0.29) is 0 Å². The molecule has 0 radical (unpaired) electrons. The maximum atomic E-state index is 4.38. The van der Waals surface area contributed by atoms with E-state index >= 15 is 0 Å². The fourth-order valence-electron chi connectivity index (χ4n) is 2.37. The van der Waals surface area contributed by atoms with Crippen LogP contribution in [0.4, 0.5) is 5.69 Å². The molecule has 0 aliphatic heterocycles. The van der Waals surface area contributed by atoms with Gasteiger partial charge in [-0.15, -0.1) is 0 Å². The fourth-order valence-corrected chi connectivity index (χ4v) is 2.37. The number of imidazole rings is 1. The molecular weight excluding hydrogens is 248 g/mol. The molecule has 108 valence electrons. The minimum atomic E-state index is 0.816. The van der Waals surface area contributed by atoms with Crippen LogP contribution < -0.4 is 10.2 Å². The van der Waals surface area contributed by atoms with Crippen LogP contribution in [0.1, 0.15) is 23.9 Å². The molecule has 0 aliphatic rings. The van der Waals surface area contributed by atoms with E-state index < -0.39 is 0 Å². The highest BCUT2D eigenvalue weighted by molar-refractivity contribution is 5.53. The number of nitrogens with zero attached hydrogens (tertiary/aromatic N) is 3. The minimum absolute atomic E-state index is 0.816. The summed E-state index contributed by atoms with van der Waals surface area (Å²) in [6.07, 6.45) is 3.82. The van der Waals surface area contributed by atoms with Gasteiger partial charge in [0.15, 0.2) is 0 Å². The summed E-state index contributed by atoms with van der Waals surface area (Å²) in [6.45, 7) is 7.04. The van der Waals surface area contributed by atoms with Gasteiger partial charge in [-0.25, -0.2) is 4.98 Å². The van der Waals surface area contributed by atoms with Crippen LogP contribution in [0.15, 0.2) is 30.6 Å². The van der Waals surface area contributed by atoms with Gasteiger partial charge in [-0.3, -0.25) is 0 Å². The van der Waals surface area contributed by atoms with Crippen molar-refractivity contribution in [2.45, 2.75) is 26.9 Å². The molecule has 0 fully saturated rings. The summed E-state index contributed by atoms with van der Waals surface area (Å²) < 4.78 is 2.06. The van der Waals surface area contributed by atoms with Gasteiger partial charge in [0, 0.05) is 38.7 Å². The van der Waals surface area contributed by atoms with Gasteiger partial charge in [0.1, 0.15) is 5.82 Å². The van der Waals surface area contributed by atoms with E-state index in [9.17, 15) is 0 Å².